The Morgan fingerprint density at radius 2 is 2.00 bits per heavy atom. The molecule has 0 aliphatic heterocycles. The molecule has 2 nitrogen and oxygen atoms in total. The van der Waals surface area contributed by atoms with Crippen molar-refractivity contribution in [1.82, 2.24) is 9.78 Å². The zero-order valence-corrected chi connectivity index (χ0v) is 10.8. The van der Waals surface area contributed by atoms with Crippen LogP contribution in [0.2, 0.25) is 0 Å². The van der Waals surface area contributed by atoms with Crippen molar-refractivity contribution in [3.05, 3.63) is 29.5 Å². The van der Waals surface area contributed by atoms with Crippen LogP contribution < -0.4 is 0 Å². The van der Waals surface area contributed by atoms with E-state index in [-0.39, 0.29) is 5.41 Å². The van der Waals surface area contributed by atoms with Crippen LogP contribution in [0.15, 0.2) is 18.2 Å². The molecular weight excluding hydrogens is 196 g/mol. The molecule has 0 saturated carbocycles. The third kappa shape index (κ3) is 1.62. The Morgan fingerprint density at radius 1 is 1.31 bits per heavy atom. The predicted octanol–water partition coefficient (Wildman–Crippen LogP) is 3.57. The van der Waals surface area contributed by atoms with Crippen molar-refractivity contribution in [2.75, 3.05) is 0 Å². The monoisotopic (exact) mass is 216 g/mol. The first-order valence-electron chi connectivity index (χ1n) is 5.89. The smallest absolute Gasteiger partial charge is 0.0928 e. The van der Waals surface area contributed by atoms with E-state index in [0.29, 0.717) is 0 Å². The average molecular weight is 216 g/mol. The van der Waals surface area contributed by atoms with Gasteiger partial charge in [0, 0.05) is 18.1 Å². The van der Waals surface area contributed by atoms with Crippen molar-refractivity contribution in [3.8, 4) is 0 Å². The van der Waals surface area contributed by atoms with E-state index in [1.807, 2.05) is 11.7 Å². The van der Waals surface area contributed by atoms with E-state index in [4.69, 9.17) is 0 Å². The molecule has 1 aromatic heterocycles. The molecular formula is C14H20N2. The fraction of sp³-hybridized carbons (Fsp3) is 0.500. The summed E-state index contributed by atoms with van der Waals surface area (Å²) in [7, 11) is 2.00. The third-order valence-corrected chi connectivity index (χ3v) is 3.80. The molecule has 0 radical (unpaired) electrons. The lowest BCUT2D eigenvalue weighted by atomic mass is 9.82. The number of hydrogen-bond acceptors (Lipinski definition) is 1. The summed E-state index contributed by atoms with van der Waals surface area (Å²) in [5.41, 5.74) is 3.95. The highest BCUT2D eigenvalue weighted by Gasteiger charge is 2.19. The van der Waals surface area contributed by atoms with Gasteiger partial charge in [-0.1, -0.05) is 32.9 Å². The van der Waals surface area contributed by atoms with Crippen LogP contribution in [0.1, 0.15) is 38.4 Å². The van der Waals surface area contributed by atoms with Gasteiger partial charge in [-0.3, -0.25) is 4.68 Å². The number of nitrogens with zero attached hydrogens (tertiary/aromatic N) is 2. The predicted molar refractivity (Wildman–Crippen MR) is 68.8 cm³/mol. The molecule has 0 saturated heterocycles. The van der Waals surface area contributed by atoms with Gasteiger partial charge in [-0.15, -0.1) is 0 Å². The molecule has 2 aromatic rings. The van der Waals surface area contributed by atoms with Gasteiger partial charge < -0.3 is 0 Å². The first kappa shape index (κ1) is 11.2. The standard InChI is InChI=1S/C14H20N2/c1-6-14(3,4)11-7-8-12-10(2)16(5)15-13(12)9-11/h7-9H,6H2,1-5H3. The Kier molecular flexibility index (Phi) is 2.53. The Morgan fingerprint density at radius 3 is 2.62 bits per heavy atom. The lowest BCUT2D eigenvalue weighted by Crippen LogP contribution is -2.15. The summed E-state index contributed by atoms with van der Waals surface area (Å²) >= 11 is 0. The molecule has 2 heteroatoms. The Balaban J connectivity index is 2.61. The second kappa shape index (κ2) is 3.62. The van der Waals surface area contributed by atoms with Crippen LogP contribution >= 0.6 is 0 Å². The molecule has 0 aliphatic rings. The lowest BCUT2D eigenvalue weighted by molar-refractivity contribution is 0.507. The number of hydrogen-bond donors (Lipinski definition) is 0. The summed E-state index contributed by atoms with van der Waals surface area (Å²) in [5.74, 6) is 0. The number of aromatic nitrogens is 2. The van der Waals surface area contributed by atoms with Gasteiger partial charge in [0.05, 0.1) is 5.52 Å². The highest BCUT2D eigenvalue weighted by Crippen LogP contribution is 2.29. The summed E-state index contributed by atoms with van der Waals surface area (Å²) in [6.07, 6.45) is 1.14. The molecule has 0 N–H and O–H groups in total. The fourth-order valence-corrected chi connectivity index (χ4v) is 1.96. The van der Waals surface area contributed by atoms with Gasteiger partial charge in [0.2, 0.25) is 0 Å². The van der Waals surface area contributed by atoms with E-state index in [2.05, 4.69) is 51.0 Å². The van der Waals surface area contributed by atoms with Crippen molar-refractivity contribution >= 4 is 10.9 Å². The topological polar surface area (TPSA) is 17.8 Å². The number of rotatable bonds is 2. The normalized spacial score (nSPS) is 12.3. The lowest BCUT2D eigenvalue weighted by Gasteiger charge is -2.23. The van der Waals surface area contributed by atoms with Gasteiger partial charge in [0.25, 0.3) is 0 Å². The Bertz CT molecular complexity index is 521. The van der Waals surface area contributed by atoms with Gasteiger partial charge >= 0.3 is 0 Å². The molecule has 2 rings (SSSR count). The molecule has 0 fully saturated rings. The molecule has 1 heterocycles. The van der Waals surface area contributed by atoms with Gasteiger partial charge in [-0.05, 0) is 30.4 Å². The van der Waals surface area contributed by atoms with E-state index in [1.165, 1.54) is 16.6 Å². The summed E-state index contributed by atoms with van der Waals surface area (Å²) in [5, 5.41) is 5.80. The Labute approximate surface area is 97.3 Å². The summed E-state index contributed by atoms with van der Waals surface area (Å²) in [6.45, 7) is 8.90. The minimum absolute atomic E-state index is 0.236. The zero-order valence-electron chi connectivity index (χ0n) is 10.8. The number of aryl methyl sites for hydroxylation is 2. The maximum atomic E-state index is 4.54. The van der Waals surface area contributed by atoms with E-state index in [0.717, 1.165) is 11.9 Å². The second-order valence-electron chi connectivity index (χ2n) is 5.18. The van der Waals surface area contributed by atoms with Crippen molar-refractivity contribution in [2.45, 2.75) is 39.5 Å². The minimum atomic E-state index is 0.236. The first-order chi connectivity index (χ1) is 7.45. The van der Waals surface area contributed by atoms with E-state index in [1.54, 1.807) is 0 Å². The largest absolute Gasteiger partial charge is 0.272 e. The summed E-state index contributed by atoms with van der Waals surface area (Å²) in [4.78, 5) is 0. The van der Waals surface area contributed by atoms with Crippen LogP contribution in [-0.2, 0) is 12.5 Å². The Hall–Kier alpha value is -1.31. The first-order valence-corrected chi connectivity index (χ1v) is 5.89. The van der Waals surface area contributed by atoms with Gasteiger partial charge in [-0.2, -0.15) is 5.10 Å². The van der Waals surface area contributed by atoms with Crippen LogP contribution in [-0.4, -0.2) is 9.78 Å². The molecule has 0 unspecified atom stereocenters. The zero-order chi connectivity index (χ0) is 11.9. The SMILES string of the molecule is CCC(C)(C)c1ccc2c(C)n(C)nc2c1. The summed E-state index contributed by atoms with van der Waals surface area (Å²) < 4.78 is 1.95. The molecule has 1 aromatic carbocycles. The van der Waals surface area contributed by atoms with Crippen LogP contribution in [0.5, 0.6) is 0 Å². The van der Waals surface area contributed by atoms with E-state index in [9.17, 15) is 0 Å². The molecule has 0 amide bonds. The molecule has 86 valence electrons. The fourth-order valence-electron chi connectivity index (χ4n) is 1.96. The second-order valence-corrected chi connectivity index (χ2v) is 5.18. The quantitative estimate of drug-likeness (QED) is 0.750. The van der Waals surface area contributed by atoms with Crippen LogP contribution in [0.25, 0.3) is 10.9 Å². The summed E-state index contributed by atoms with van der Waals surface area (Å²) in [6, 6.07) is 6.66. The maximum absolute atomic E-state index is 4.54. The van der Waals surface area contributed by atoms with Crippen LogP contribution in [0.4, 0.5) is 0 Å². The molecule has 0 aliphatic carbocycles. The van der Waals surface area contributed by atoms with Gasteiger partial charge in [0.1, 0.15) is 0 Å². The molecule has 0 spiro atoms. The van der Waals surface area contributed by atoms with Crippen LogP contribution in [0, 0.1) is 6.92 Å². The van der Waals surface area contributed by atoms with Crippen molar-refractivity contribution in [1.29, 1.82) is 0 Å². The molecule has 0 bridgehead atoms. The van der Waals surface area contributed by atoms with E-state index >= 15 is 0 Å². The highest BCUT2D eigenvalue weighted by molar-refractivity contribution is 5.82. The average Bonchev–Trinajstić information content (AvgIpc) is 2.54. The highest BCUT2D eigenvalue weighted by atomic mass is 15.3. The van der Waals surface area contributed by atoms with E-state index < -0.39 is 0 Å². The minimum Gasteiger partial charge on any atom is -0.272 e. The van der Waals surface area contributed by atoms with Crippen molar-refractivity contribution in [3.63, 3.8) is 0 Å². The van der Waals surface area contributed by atoms with Gasteiger partial charge in [0.15, 0.2) is 0 Å². The number of benzene rings is 1. The van der Waals surface area contributed by atoms with Crippen molar-refractivity contribution in [2.24, 2.45) is 7.05 Å². The molecule has 16 heavy (non-hydrogen) atoms. The van der Waals surface area contributed by atoms with Crippen molar-refractivity contribution < 1.29 is 0 Å². The van der Waals surface area contributed by atoms with Crippen LogP contribution in [0.3, 0.4) is 0 Å². The number of fused-ring (bicyclic) bond motifs is 1. The maximum Gasteiger partial charge on any atom is 0.0928 e. The third-order valence-electron chi connectivity index (χ3n) is 3.80. The molecule has 0 atom stereocenters. The van der Waals surface area contributed by atoms with Gasteiger partial charge in [-0.25, -0.2) is 0 Å².